The first-order valence-electron chi connectivity index (χ1n) is 9.56. The van der Waals surface area contributed by atoms with Crippen LogP contribution in [0.15, 0.2) is 29.2 Å². The molecule has 0 bridgehead atoms. The van der Waals surface area contributed by atoms with E-state index in [9.17, 15) is 8.42 Å². The molecule has 1 aliphatic rings. The van der Waals surface area contributed by atoms with E-state index in [1.165, 1.54) is 0 Å². The molecule has 1 unspecified atom stereocenters. The van der Waals surface area contributed by atoms with Crippen molar-refractivity contribution in [2.45, 2.75) is 57.4 Å². The number of hydrogen-bond acceptors (Lipinski definition) is 4. The van der Waals surface area contributed by atoms with E-state index in [0.29, 0.717) is 30.2 Å². The third kappa shape index (κ3) is 3.89. The molecule has 27 heavy (non-hydrogen) atoms. The van der Waals surface area contributed by atoms with Crippen LogP contribution in [0.1, 0.15) is 49.1 Å². The number of hydrogen-bond donors (Lipinski definition) is 0. The Kier molecular flexibility index (Phi) is 5.91. The molecule has 148 valence electrons. The highest BCUT2D eigenvalue weighted by molar-refractivity contribution is 7.89. The van der Waals surface area contributed by atoms with Gasteiger partial charge in [0.2, 0.25) is 10.0 Å². The molecule has 1 aromatic heterocycles. The number of nitrogens with zero attached hydrogens (tertiary/aromatic N) is 3. The van der Waals surface area contributed by atoms with Crippen LogP contribution in [0.25, 0.3) is 0 Å². The van der Waals surface area contributed by atoms with Gasteiger partial charge < -0.3 is 4.74 Å². The highest BCUT2D eigenvalue weighted by Gasteiger charge is 2.33. The molecular weight excluding hydrogens is 362 g/mol. The van der Waals surface area contributed by atoms with Crippen LogP contribution >= 0.6 is 0 Å². The summed E-state index contributed by atoms with van der Waals surface area (Å²) in [5.74, 6) is 1.00. The van der Waals surface area contributed by atoms with Gasteiger partial charge in [-0.3, -0.25) is 4.68 Å². The number of rotatable bonds is 5. The largest absolute Gasteiger partial charge is 0.497 e. The fourth-order valence-corrected chi connectivity index (χ4v) is 5.86. The monoisotopic (exact) mass is 391 g/mol. The van der Waals surface area contributed by atoms with Crippen molar-refractivity contribution < 1.29 is 13.2 Å². The highest BCUT2D eigenvalue weighted by atomic mass is 32.2. The Hall–Kier alpha value is -1.86. The molecule has 6 nitrogen and oxygen atoms in total. The minimum Gasteiger partial charge on any atom is -0.497 e. The molecule has 0 N–H and O–H groups in total. The lowest BCUT2D eigenvalue weighted by Crippen LogP contribution is -2.34. The van der Waals surface area contributed by atoms with Crippen LogP contribution in [-0.4, -0.2) is 42.7 Å². The van der Waals surface area contributed by atoms with Gasteiger partial charge in [-0.1, -0.05) is 18.6 Å². The maximum Gasteiger partial charge on any atom is 0.246 e. The fraction of sp³-hybridized carbons (Fsp3) is 0.550. The van der Waals surface area contributed by atoms with Crippen molar-refractivity contribution in [3.8, 4) is 5.75 Å². The van der Waals surface area contributed by atoms with E-state index in [1.807, 2.05) is 38.1 Å². The van der Waals surface area contributed by atoms with Crippen molar-refractivity contribution in [2.75, 3.05) is 20.2 Å². The van der Waals surface area contributed by atoms with Crippen molar-refractivity contribution in [1.82, 2.24) is 14.1 Å². The lowest BCUT2D eigenvalue weighted by atomic mass is 9.94. The predicted octanol–water partition coefficient (Wildman–Crippen LogP) is 3.49. The van der Waals surface area contributed by atoms with Crippen molar-refractivity contribution in [3.05, 3.63) is 41.2 Å². The van der Waals surface area contributed by atoms with Crippen molar-refractivity contribution in [2.24, 2.45) is 0 Å². The van der Waals surface area contributed by atoms with Gasteiger partial charge in [0.25, 0.3) is 0 Å². The van der Waals surface area contributed by atoms with E-state index < -0.39 is 10.0 Å². The molecule has 1 aliphatic heterocycles. The van der Waals surface area contributed by atoms with Crippen molar-refractivity contribution >= 4 is 10.0 Å². The van der Waals surface area contributed by atoms with Crippen LogP contribution in [0.2, 0.25) is 0 Å². The minimum absolute atomic E-state index is 0.190. The summed E-state index contributed by atoms with van der Waals surface area (Å²) < 4.78 is 35.5. The van der Waals surface area contributed by atoms with E-state index in [-0.39, 0.29) is 5.92 Å². The van der Waals surface area contributed by atoms with Crippen LogP contribution in [0, 0.1) is 13.8 Å². The summed E-state index contributed by atoms with van der Waals surface area (Å²) in [6, 6.07) is 7.98. The number of aryl methyl sites for hydroxylation is 2. The van der Waals surface area contributed by atoms with E-state index >= 15 is 0 Å². The summed E-state index contributed by atoms with van der Waals surface area (Å²) in [5, 5.41) is 4.41. The second-order valence-electron chi connectivity index (χ2n) is 7.14. The first-order chi connectivity index (χ1) is 12.9. The number of aromatic nitrogens is 2. The summed E-state index contributed by atoms with van der Waals surface area (Å²) in [7, 11) is -1.92. The smallest absolute Gasteiger partial charge is 0.246 e. The number of sulfonamides is 1. The fourth-order valence-electron chi connectivity index (χ4n) is 3.96. The van der Waals surface area contributed by atoms with Gasteiger partial charge in [-0.25, -0.2) is 8.42 Å². The molecular formula is C20H29N3O3S. The van der Waals surface area contributed by atoms with Gasteiger partial charge in [-0.2, -0.15) is 9.40 Å². The quantitative estimate of drug-likeness (QED) is 0.783. The van der Waals surface area contributed by atoms with Crippen LogP contribution in [0.5, 0.6) is 5.75 Å². The van der Waals surface area contributed by atoms with Gasteiger partial charge in [0.1, 0.15) is 10.6 Å². The van der Waals surface area contributed by atoms with Gasteiger partial charge in [0.05, 0.1) is 18.5 Å². The Labute approximate surface area is 162 Å². The Balaban J connectivity index is 1.91. The molecule has 0 spiro atoms. The zero-order valence-electron chi connectivity index (χ0n) is 16.6. The molecule has 0 radical (unpaired) electrons. The van der Waals surface area contributed by atoms with Gasteiger partial charge in [0.15, 0.2) is 0 Å². The Morgan fingerprint density at radius 3 is 2.48 bits per heavy atom. The summed E-state index contributed by atoms with van der Waals surface area (Å²) >= 11 is 0. The van der Waals surface area contributed by atoms with Crippen LogP contribution in [-0.2, 0) is 16.6 Å². The van der Waals surface area contributed by atoms with Gasteiger partial charge >= 0.3 is 0 Å². The zero-order chi connectivity index (χ0) is 19.6. The van der Waals surface area contributed by atoms with Gasteiger partial charge in [0, 0.05) is 19.6 Å². The summed E-state index contributed by atoms with van der Waals surface area (Å²) in [6.07, 6.45) is 2.89. The molecule has 2 heterocycles. The topological polar surface area (TPSA) is 64.4 Å². The highest BCUT2D eigenvalue weighted by Crippen LogP contribution is 2.32. The maximum absolute atomic E-state index is 13.4. The number of methoxy groups -OCH3 is 1. The Morgan fingerprint density at radius 1 is 1.19 bits per heavy atom. The lowest BCUT2D eigenvalue weighted by molar-refractivity contribution is 0.404. The SMILES string of the molecule is CCn1nc(C)c(S(=O)(=O)N2CCCCC(c3ccc(OC)cc3)C2)c1C. The summed E-state index contributed by atoms with van der Waals surface area (Å²) in [4.78, 5) is 0.375. The average Bonchev–Trinajstić information content (AvgIpc) is 2.83. The average molecular weight is 392 g/mol. The zero-order valence-corrected chi connectivity index (χ0v) is 17.4. The van der Waals surface area contributed by atoms with Crippen molar-refractivity contribution in [1.29, 1.82) is 0 Å². The molecule has 1 saturated heterocycles. The Morgan fingerprint density at radius 2 is 1.89 bits per heavy atom. The Bertz CT molecular complexity index is 888. The van der Waals surface area contributed by atoms with Gasteiger partial charge in [-0.05, 0) is 57.2 Å². The number of benzene rings is 1. The van der Waals surface area contributed by atoms with Crippen LogP contribution in [0.3, 0.4) is 0 Å². The van der Waals surface area contributed by atoms with E-state index in [2.05, 4.69) is 5.10 Å². The molecule has 1 fully saturated rings. The second-order valence-corrected chi connectivity index (χ2v) is 9.02. The molecule has 0 amide bonds. The third-order valence-corrected chi connectivity index (χ3v) is 7.55. The molecule has 0 aliphatic carbocycles. The molecule has 2 aromatic rings. The van der Waals surface area contributed by atoms with Crippen molar-refractivity contribution in [3.63, 3.8) is 0 Å². The predicted molar refractivity (Wildman–Crippen MR) is 106 cm³/mol. The second kappa shape index (κ2) is 8.02. The molecule has 1 atom stereocenters. The maximum atomic E-state index is 13.4. The summed E-state index contributed by atoms with van der Waals surface area (Å²) in [5.41, 5.74) is 2.47. The number of ether oxygens (including phenoxy) is 1. The molecule has 1 aromatic carbocycles. The summed E-state index contributed by atoms with van der Waals surface area (Å²) in [6.45, 7) is 7.33. The van der Waals surface area contributed by atoms with E-state index in [4.69, 9.17) is 4.74 Å². The first kappa shape index (κ1) is 19.9. The molecule has 3 rings (SSSR count). The van der Waals surface area contributed by atoms with E-state index in [0.717, 1.165) is 36.3 Å². The first-order valence-corrected chi connectivity index (χ1v) is 11.0. The van der Waals surface area contributed by atoms with E-state index in [1.54, 1.807) is 23.0 Å². The normalized spacial score (nSPS) is 19.0. The molecule has 7 heteroatoms. The minimum atomic E-state index is -3.56. The lowest BCUT2D eigenvalue weighted by Gasteiger charge is -2.24. The third-order valence-electron chi connectivity index (χ3n) is 5.43. The standard InChI is InChI=1S/C20H29N3O3S/c1-5-23-16(3)20(15(2)21-23)27(24,25)22-13-7-6-8-18(14-22)17-9-11-19(26-4)12-10-17/h9-12,18H,5-8,13-14H2,1-4H3. The van der Waals surface area contributed by atoms with Gasteiger partial charge in [-0.15, -0.1) is 0 Å². The van der Waals surface area contributed by atoms with Crippen LogP contribution < -0.4 is 4.74 Å². The van der Waals surface area contributed by atoms with Crippen LogP contribution in [0.4, 0.5) is 0 Å². The molecule has 0 saturated carbocycles.